The fourth-order valence-corrected chi connectivity index (χ4v) is 1.83. The van der Waals surface area contributed by atoms with Crippen LogP contribution in [-0.4, -0.2) is 15.8 Å². The van der Waals surface area contributed by atoms with E-state index in [1.165, 1.54) is 30.5 Å². The van der Waals surface area contributed by atoms with Gasteiger partial charge in [-0.2, -0.15) is 0 Å². The number of nitro benzene ring substituents is 1. The van der Waals surface area contributed by atoms with E-state index in [-0.39, 0.29) is 5.69 Å². The third-order valence-corrected chi connectivity index (χ3v) is 2.86. The highest BCUT2D eigenvalue weighted by Crippen LogP contribution is 2.19. The molecule has 2 aromatic rings. The van der Waals surface area contributed by atoms with Gasteiger partial charge in [0, 0.05) is 28.9 Å². The van der Waals surface area contributed by atoms with Crippen LogP contribution in [0.25, 0.3) is 0 Å². The molecule has 0 aliphatic rings. The molecule has 1 aromatic heterocycles. The normalized spacial score (nSPS) is 10.1. The lowest BCUT2D eigenvalue weighted by Crippen LogP contribution is -2.14. The van der Waals surface area contributed by atoms with Crippen molar-refractivity contribution in [3.8, 4) is 0 Å². The van der Waals surface area contributed by atoms with E-state index in [1.807, 2.05) is 0 Å². The van der Waals surface area contributed by atoms with Crippen LogP contribution in [-0.2, 0) is 0 Å². The van der Waals surface area contributed by atoms with E-state index in [1.54, 1.807) is 13.0 Å². The Bertz CT molecular complexity index is 688. The molecule has 0 atom stereocenters. The molecule has 20 heavy (non-hydrogen) atoms. The molecule has 0 spiro atoms. The van der Waals surface area contributed by atoms with E-state index in [0.717, 1.165) is 0 Å². The average Bonchev–Trinajstić information content (AvgIpc) is 2.38. The second-order valence-corrected chi connectivity index (χ2v) is 4.51. The van der Waals surface area contributed by atoms with Crippen molar-refractivity contribution in [3.05, 3.63) is 62.8 Å². The van der Waals surface area contributed by atoms with Gasteiger partial charge < -0.3 is 5.32 Å². The van der Waals surface area contributed by atoms with E-state index in [2.05, 4.69) is 10.3 Å². The Morgan fingerprint density at radius 2 is 2.10 bits per heavy atom. The number of anilines is 1. The van der Waals surface area contributed by atoms with Gasteiger partial charge in [-0.15, -0.1) is 0 Å². The zero-order chi connectivity index (χ0) is 14.7. The number of halogens is 1. The van der Waals surface area contributed by atoms with Gasteiger partial charge in [-0.05, 0) is 30.7 Å². The molecule has 7 heteroatoms. The van der Waals surface area contributed by atoms with Crippen LogP contribution in [0.3, 0.4) is 0 Å². The molecule has 6 nitrogen and oxygen atoms in total. The van der Waals surface area contributed by atoms with Crippen LogP contribution >= 0.6 is 11.6 Å². The highest BCUT2D eigenvalue weighted by atomic mass is 35.5. The molecule has 0 unspecified atom stereocenters. The molecule has 0 aliphatic carbocycles. The summed E-state index contributed by atoms with van der Waals surface area (Å²) in [5, 5.41) is 13.7. The quantitative estimate of drug-likeness (QED) is 0.695. The molecular formula is C13H10ClN3O3. The minimum absolute atomic E-state index is 0.0556. The Hall–Kier alpha value is -2.47. The number of hydrogen-bond acceptors (Lipinski definition) is 4. The van der Waals surface area contributed by atoms with Crippen molar-refractivity contribution in [1.82, 2.24) is 4.98 Å². The molecule has 0 fully saturated rings. The number of amides is 1. The lowest BCUT2D eigenvalue weighted by Gasteiger charge is -2.07. The summed E-state index contributed by atoms with van der Waals surface area (Å²) in [5.74, 6) is -0.0765. The molecule has 1 heterocycles. The summed E-state index contributed by atoms with van der Waals surface area (Å²) >= 11 is 5.79. The van der Waals surface area contributed by atoms with Crippen LogP contribution in [0, 0.1) is 17.0 Å². The summed E-state index contributed by atoms with van der Waals surface area (Å²) in [5.41, 5.74) is 0.802. The number of aromatic nitrogens is 1. The second kappa shape index (κ2) is 5.66. The zero-order valence-corrected chi connectivity index (χ0v) is 11.2. The summed E-state index contributed by atoms with van der Waals surface area (Å²) in [6.07, 6.45) is 1.47. The van der Waals surface area contributed by atoms with E-state index in [0.29, 0.717) is 22.0 Å². The first-order chi connectivity index (χ1) is 9.47. The number of hydrogen-bond donors (Lipinski definition) is 1. The molecule has 2 rings (SSSR count). The SMILES string of the molecule is Cc1cc([N+](=O)[O-])ccc1C(=O)Nc1cc(Cl)ccn1. The Balaban J connectivity index is 2.23. The average molecular weight is 292 g/mol. The monoisotopic (exact) mass is 291 g/mol. The highest BCUT2D eigenvalue weighted by molar-refractivity contribution is 6.30. The fourth-order valence-electron chi connectivity index (χ4n) is 1.67. The predicted octanol–water partition coefficient (Wildman–Crippen LogP) is 3.20. The van der Waals surface area contributed by atoms with Crippen molar-refractivity contribution in [2.75, 3.05) is 5.32 Å². The molecule has 0 saturated carbocycles. The van der Waals surface area contributed by atoms with Crippen LogP contribution in [0.4, 0.5) is 11.5 Å². The van der Waals surface area contributed by atoms with Gasteiger partial charge in [-0.25, -0.2) is 4.98 Å². The van der Waals surface area contributed by atoms with Crippen LogP contribution in [0.15, 0.2) is 36.5 Å². The number of aryl methyl sites for hydroxylation is 1. The third kappa shape index (κ3) is 3.10. The van der Waals surface area contributed by atoms with Gasteiger partial charge in [0.2, 0.25) is 0 Å². The first-order valence-corrected chi connectivity index (χ1v) is 6.03. The molecule has 0 aliphatic heterocycles. The second-order valence-electron chi connectivity index (χ2n) is 4.07. The molecule has 1 amide bonds. The van der Waals surface area contributed by atoms with Crippen molar-refractivity contribution in [2.24, 2.45) is 0 Å². The molecule has 1 N–H and O–H groups in total. The Morgan fingerprint density at radius 1 is 1.35 bits per heavy atom. The Kier molecular flexibility index (Phi) is 3.95. The number of carbonyl (C=O) groups is 1. The number of pyridine rings is 1. The number of nitrogens with zero attached hydrogens (tertiary/aromatic N) is 2. The maximum atomic E-state index is 12.1. The predicted molar refractivity (Wildman–Crippen MR) is 75.0 cm³/mol. The lowest BCUT2D eigenvalue weighted by molar-refractivity contribution is -0.384. The van der Waals surface area contributed by atoms with Gasteiger partial charge in [-0.3, -0.25) is 14.9 Å². The minimum Gasteiger partial charge on any atom is -0.307 e. The first kappa shape index (κ1) is 14.0. The van der Waals surface area contributed by atoms with Crippen molar-refractivity contribution < 1.29 is 9.72 Å². The van der Waals surface area contributed by atoms with Crippen molar-refractivity contribution in [3.63, 3.8) is 0 Å². The summed E-state index contributed by atoms with van der Waals surface area (Å²) in [7, 11) is 0. The standard InChI is InChI=1S/C13H10ClN3O3/c1-8-6-10(17(19)20)2-3-11(8)13(18)16-12-7-9(14)4-5-15-12/h2-7H,1H3,(H,15,16,18). The largest absolute Gasteiger partial charge is 0.307 e. The van der Waals surface area contributed by atoms with Crippen molar-refractivity contribution in [2.45, 2.75) is 6.92 Å². The summed E-state index contributed by atoms with van der Waals surface area (Å²) in [6, 6.07) is 7.15. The fraction of sp³-hybridized carbons (Fsp3) is 0.0769. The molecule has 1 aromatic carbocycles. The third-order valence-electron chi connectivity index (χ3n) is 2.63. The van der Waals surface area contributed by atoms with Crippen LogP contribution < -0.4 is 5.32 Å². The van der Waals surface area contributed by atoms with E-state index in [9.17, 15) is 14.9 Å². The van der Waals surface area contributed by atoms with Crippen molar-refractivity contribution >= 4 is 29.0 Å². The Labute approximate surface area is 119 Å². The van der Waals surface area contributed by atoms with E-state index >= 15 is 0 Å². The van der Waals surface area contributed by atoms with Gasteiger partial charge in [0.15, 0.2) is 0 Å². The molecule has 0 bridgehead atoms. The van der Waals surface area contributed by atoms with E-state index < -0.39 is 10.8 Å². The van der Waals surface area contributed by atoms with Gasteiger partial charge in [-0.1, -0.05) is 11.6 Å². The first-order valence-electron chi connectivity index (χ1n) is 5.65. The maximum Gasteiger partial charge on any atom is 0.269 e. The van der Waals surface area contributed by atoms with Gasteiger partial charge in [0.05, 0.1) is 4.92 Å². The van der Waals surface area contributed by atoms with Crippen LogP contribution in [0.5, 0.6) is 0 Å². The molecule has 0 saturated heterocycles. The zero-order valence-electron chi connectivity index (χ0n) is 10.5. The summed E-state index contributed by atoms with van der Waals surface area (Å²) < 4.78 is 0. The van der Waals surface area contributed by atoms with Crippen LogP contribution in [0.2, 0.25) is 5.02 Å². The summed E-state index contributed by atoms with van der Waals surface area (Å²) in [4.78, 5) is 26.2. The molecule has 0 radical (unpaired) electrons. The number of nitrogens with one attached hydrogen (secondary N) is 1. The molecular weight excluding hydrogens is 282 g/mol. The number of non-ortho nitro benzene ring substituents is 1. The smallest absolute Gasteiger partial charge is 0.269 e. The lowest BCUT2D eigenvalue weighted by atomic mass is 10.1. The van der Waals surface area contributed by atoms with E-state index in [4.69, 9.17) is 11.6 Å². The molecule has 102 valence electrons. The van der Waals surface area contributed by atoms with Gasteiger partial charge in [0.25, 0.3) is 11.6 Å². The van der Waals surface area contributed by atoms with Gasteiger partial charge >= 0.3 is 0 Å². The number of nitro groups is 1. The number of benzene rings is 1. The summed E-state index contributed by atoms with van der Waals surface area (Å²) in [6.45, 7) is 1.63. The highest BCUT2D eigenvalue weighted by Gasteiger charge is 2.14. The van der Waals surface area contributed by atoms with Crippen molar-refractivity contribution in [1.29, 1.82) is 0 Å². The number of rotatable bonds is 3. The minimum atomic E-state index is -0.507. The van der Waals surface area contributed by atoms with Crippen LogP contribution in [0.1, 0.15) is 15.9 Å². The number of carbonyl (C=O) groups excluding carboxylic acids is 1. The van der Waals surface area contributed by atoms with Gasteiger partial charge in [0.1, 0.15) is 5.82 Å². The topological polar surface area (TPSA) is 85.1 Å². The Morgan fingerprint density at radius 3 is 2.70 bits per heavy atom. The maximum absolute atomic E-state index is 12.1.